The zero-order chi connectivity index (χ0) is 26.9. The highest BCUT2D eigenvalue weighted by Crippen LogP contribution is 2.49. The molecule has 2 atom stereocenters. The molecule has 1 aliphatic rings. The predicted molar refractivity (Wildman–Crippen MR) is 126 cm³/mol. The molecule has 7 nitrogen and oxygen atoms in total. The van der Waals surface area contributed by atoms with E-state index in [1.165, 1.54) is 30.5 Å². The van der Waals surface area contributed by atoms with Crippen LogP contribution in [0.4, 0.5) is 23.2 Å². The number of halogens is 4. The van der Waals surface area contributed by atoms with E-state index in [1.54, 1.807) is 10.6 Å². The third-order valence-corrected chi connectivity index (χ3v) is 6.21. The Morgan fingerprint density at radius 3 is 2.57 bits per heavy atom. The van der Waals surface area contributed by atoms with Crippen molar-refractivity contribution in [3.63, 3.8) is 0 Å². The number of carboxylic acids is 1. The Morgan fingerprint density at radius 1 is 1.19 bits per heavy atom. The molecule has 2 N–H and O–H groups in total. The first-order valence-corrected chi connectivity index (χ1v) is 11.7. The summed E-state index contributed by atoms with van der Waals surface area (Å²) in [6.07, 6.45) is -2.75. The lowest BCUT2D eigenvalue weighted by Gasteiger charge is -2.19. The van der Waals surface area contributed by atoms with E-state index in [4.69, 9.17) is 4.74 Å². The summed E-state index contributed by atoms with van der Waals surface area (Å²) >= 11 is 0. The number of hydrogen-bond acceptors (Lipinski definition) is 4. The minimum Gasteiger partial charge on any atom is -0.493 e. The van der Waals surface area contributed by atoms with Gasteiger partial charge >= 0.3 is 12.1 Å². The Kier molecular flexibility index (Phi) is 7.24. The number of aliphatic carboxylic acids is 1. The summed E-state index contributed by atoms with van der Waals surface area (Å²) in [5.74, 6) is -3.15. The molecule has 0 radical (unpaired) electrons. The van der Waals surface area contributed by atoms with Gasteiger partial charge in [-0.25, -0.2) is 4.98 Å². The summed E-state index contributed by atoms with van der Waals surface area (Å²) in [6.45, 7) is 3.84. The minimum absolute atomic E-state index is 0.160. The molecule has 1 fully saturated rings. The first-order chi connectivity index (χ1) is 17.5. The highest BCUT2D eigenvalue weighted by atomic mass is 19.4. The number of nitrogens with zero attached hydrogens (tertiary/aromatic N) is 2. The summed E-state index contributed by atoms with van der Waals surface area (Å²) in [5, 5.41) is 11.6. The van der Waals surface area contributed by atoms with Gasteiger partial charge in [0, 0.05) is 30.4 Å². The van der Waals surface area contributed by atoms with Crippen molar-refractivity contribution < 1.29 is 37.0 Å². The van der Waals surface area contributed by atoms with Gasteiger partial charge in [0.1, 0.15) is 11.4 Å². The fourth-order valence-electron chi connectivity index (χ4n) is 4.40. The number of carboxylic acid groups (broad SMARTS) is 1. The summed E-state index contributed by atoms with van der Waals surface area (Å²) in [5.41, 5.74) is -0.138. The van der Waals surface area contributed by atoms with E-state index < -0.39 is 47.1 Å². The molecule has 37 heavy (non-hydrogen) atoms. The largest absolute Gasteiger partial charge is 0.493 e. The van der Waals surface area contributed by atoms with Crippen molar-refractivity contribution in [2.75, 3.05) is 11.9 Å². The number of alkyl halides is 3. The third kappa shape index (κ3) is 5.92. The van der Waals surface area contributed by atoms with Gasteiger partial charge in [-0.15, -0.1) is 0 Å². The molecule has 0 unspecified atom stereocenters. The van der Waals surface area contributed by atoms with Crippen LogP contribution in [0.2, 0.25) is 0 Å². The molecule has 2 aromatic heterocycles. The summed E-state index contributed by atoms with van der Waals surface area (Å²) in [4.78, 5) is 27.8. The van der Waals surface area contributed by atoms with Crippen LogP contribution in [0.15, 0.2) is 48.7 Å². The van der Waals surface area contributed by atoms with Gasteiger partial charge in [-0.05, 0) is 62.1 Å². The minimum atomic E-state index is -4.72. The normalized spacial score (nSPS) is 17.1. The molecule has 11 heteroatoms. The number of carbonyl (C=O) groups excluding carboxylic acids is 1. The average Bonchev–Trinajstić information content (AvgIpc) is 3.51. The predicted octanol–water partition coefficient (Wildman–Crippen LogP) is 5.68. The Bertz CT molecular complexity index is 1320. The van der Waals surface area contributed by atoms with Crippen LogP contribution in [0, 0.1) is 11.9 Å². The number of rotatable bonds is 9. The number of carbonyl (C=O) groups is 2. The van der Waals surface area contributed by atoms with Crippen LogP contribution in [0.25, 0.3) is 0 Å². The maximum atomic E-state index is 13.7. The number of hydrogen-bond donors (Lipinski definition) is 2. The second kappa shape index (κ2) is 10.2. The standard InChI is InChI=1S/C26H25F4N3O4/c1-14(2)33-16(8-10-37-17-7-9-31-23(27)12-17)4-6-22(33)24(34)32-21-11-15(18-13-19(18)25(35)36)3-5-20(21)26(28,29)30/h3-7,9,11-12,14,18-19H,8,10,13H2,1-2H3,(H,32,34)(H,35,36)/t18-,19+/m0/s1. The van der Waals surface area contributed by atoms with E-state index in [0.717, 1.165) is 12.1 Å². The molecule has 2 heterocycles. The molecule has 196 valence electrons. The molecule has 4 rings (SSSR count). The van der Waals surface area contributed by atoms with Gasteiger partial charge in [0.2, 0.25) is 5.95 Å². The van der Waals surface area contributed by atoms with Crippen molar-refractivity contribution in [3.05, 3.63) is 77.1 Å². The number of anilines is 1. The Morgan fingerprint density at radius 2 is 1.95 bits per heavy atom. The van der Waals surface area contributed by atoms with E-state index in [2.05, 4.69) is 10.3 Å². The van der Waals surface area contributed by atoms with Crippen LogP contribution in [0.5, 0.6) is 5.75 Å². The van der Waals surface area contributed by atoms with Gasteiger partial charge < -0.3 is 19.7 Å². The van der Waals surface area contributed by atoms with Gasteiger partial charge in [-0.2, -0.15) is 17.6 Å². The summed E-state index contributed by atoms with van der Waals surface area (Å²) in [6, 6.07) is 9.01. The SMILES string of the molecule is CC(C)n1c(CCOc2ccnc(F)c2)ccc1C(=O)Nc1cc([C@@H]2C[C@H]2C(=O)O)ccc1C(F)(F)F. The van der Waals surface area contributed by atoms with Crippen LogP contribution < -0.4 is 10.1 Å². The number of aromatic nitrogens is 2. The molecule has 1 aliphatic carbocycles. The molecule has 0 saturated heterocycles. The highest BCUT2D eigenvalue weighted by Gasteiger charge is 2.45. The topological polar surface area (TPSA) is 93.5 Å². The number of nitrogens with one attached hydrogen (secondary N) is 1. The Hall–Kier alpha value is -3.89. The third-order valence-electron chi connectivity index (χ3n) is 6.21. The quantitative estimate of drug-likeness (QED) is 0.280. The number of ether oxygens (including phenoxy) is 1. The van der Waals surface area contributed by atoms with E-state index in [-0.39, 0.29) is 18.3 Å². The smallest absolute Gasteiger partial charge is 0.418 e. The van der Waals surface area contributed by atoms with Crippen LogP contribution >= 0.6 is 0 Å². The van der Waals surface area contributed by atoms with Crippen molar-refractivity contribution in [1.82, 2.24) is 9.55 Å². The van der Waals surface area contributed by atoms with Crippen LogP contribution in [0.3, 0.4) is 0 Å². The Balaban J connectivity index is 1.55. The Labute approximate surface area is 210 Å². The fourth-order valence-corrected chi connectivity index (χ4v) is 4.40. The summed E-state index contributed by atoms with van der Waals surface area (Å²) < 4.78 is 61.5. The van der Waals surface area contributed by atoms with Gasteiger partial charge in [-0.3, -0.25) is 9.59 Å². The number of benzene rings is 1. The molecule has 1 amide bonds. The van der Waals surface area contributed by atoms with Crippen molar-refractivity contribution in [1.29, 1.82) is 0 Å². The lowest BCUT2D eigenvalue weighted by molar-refractivity contribution is -0.139. The van der Waals surface area contributed by atoms with Crippen molar-refractivity contribution in [3.8, 4) is 5.75 Å². The second-order valence-electron chi connectivity index (χ2n) is 9.13. The lowest BCUT2D eigenvalue weighted by Crippen LogP contribution is -2.22. The van der Waals surface area contributed by atoms with Crippen LogP contribution in [0.1, 0.15) is 59.5 Å². The van der Waals surface area contributed by atoms with E-state index >= 15 is 0 Å². The number of amides is 1. The van der Waals surface area contributed by atoms with Crippen molar-refractivity contribution >= 4 is 17.6 Å². The summed E-state index contributed by atoms with van der Waals surface area (Å²) in [7, 11) is 0. The molecule has 1 aromatic carbocycles. The molecule has 3 aromatic rings. The van der Waals surface area contributed by atoms with E-state index in [9.17, 15) is 32.3 Å². The van der Waals surface area contributed by atoms with Gasteiger partial charge in [0.15, 0.2) is 0 Å². The maximum Gasteiger partial charge on any atom is 0.418 e. The zero-order valence-electron chi connectivity index (χ0n) is 20.1. The van der Waals surface area contributed by atoms with Gasteiger partial charge in [0.25, 0.3) is 5.91 Å². The highest BCUT2D eigenvalue weighted by molar-refractivity contribution is 6.04. The average molecular weight is 519 g/mol. The van der Waals surface area contributed by atoms with Gasteiger partial charge in [0.05, 0.1) is 23.8 Å². The van der Waals surface area contributed by atoms with Crippen molar-refractivity contribution in [2.24, 2.45) is 5.92 Å². The van der Waals surface area contributed by atoms with Gasteiger partial charge in [-0.1, -0.05) is 6.07 Å². The molecular formula is C26H25F4N3O4. The first-order valence-electron chi connectivity index (χ1n) is 11.7. The second-order valence-corrected chi connectivity index (χ2v) is 9.13. The molecule has 0 spiro atoms. The zero-order valence-corrected chi connectivity index (χ0v) is 20.1. The molecule has 0 aliphatic heterocycles. The van der Waals surface area contributed by atoms with Crippen LogP contribution in [-0.2, 0) is 17.4 Å². The van der Waals surface area contributed by atoms with E-state index in [0.29, 0.717) is 29.8 Å². The first kappa shape index (κ1) is 26.2. The van der Waals surface area contributed by atoms with Crippen molar-refractivity contribution in [2.45, 2.75) is 44.8 Å². The lowest BCUT2D eigenvalue weighted by atomic mass is 10.0. The number of pyridine rings is 1. The van der Waals surface area contributed by atoms with Crippen LogP contribution in [-0.4, -0.2) is 33.1 Å². The maximum absolute atomic E-state index is 13.7. The molecule has 1 saturated carbocycles. The molecular weight excluding hydrogens is 494 g/mol. The van der Waals surface area contributed by atoms with E-state index in [1.807, 2.05) is 13.8 Å². The fraction of sp³-hybridized carbons (Fsp3) is 0.346. The monoisotopic (exact) mass is 519 g/mol. The molecule has 0 bridgehead atoms.